The van der Waals surface area contributed by atoms with Crippen molar-refractivity contribution in [1.29, 1.82) is 0 Å². The van der Waals surface area contributed by atoms with Gasteiger partial charge in [-0.15, -0.1) is 0 Å². The Balaban J connectivity index is 3.13. The Hall–Kier alpha value is -0.500. The molecule has 0 heterocycles. The first-order valence-corrected chi connectivity index (χ1v) is 3.01. The fraction of sp³-hybridized carbons (Fsp3) is 0. The van der Waals surface area contributed by atoms with Gasteiger partial charge in [0.15, 0.2) is 0 Å². The zero-order valence-electron chi connectivity index (χ0n) is 4.19. The van der Waals surface area contributed by atoms with Gasteiger partial charge in [0.05, 0.1) is 0 Å². The van der Waals surface area contributed by atoms with Crippen LogP contribution in [-0.2, 0) is 0 Å². The van der Waals surface area contributed by atoms with Gasteiger partial charge in [0.2, 0.25) is 0 Å². The fourth-order valence-corrected chi connectivity index (χ4v) is 0.671. The summed E-state index contributed by atoms with van der Waals surface area (Å²) in [6.07, 6.45) is 0. The number of nitrogens with two attached hydrogens (primary N) is 1. The van der Waals surface area contributed by atoms with Crippen LogP contribution in [0, 0.1) is 6.07 Å². The summed E-state index contributed by atoms with van der Waals surface area (Å²) in [4.78, 5) is 0. The summed E-state index contributed by atoms with van der Waals surface area (Å²) in [5, 5.41) is 0. The SMILES string of the molecule is Nc1c[c]ccc1Br. The molecular formula is C6H5BrN. The van der Waals surface area contributed by atoms with Crippen LogP contribution in [0.4, 0.5) is 5.69 Å². The maximum atomic E-state index is 5.44. The number of halogens is 1. The topological polar surface area (TPSA) is 26.0 Å². The minimum Gasteiger partial charge on any atom is -0.398 e. The summed E-state index contributed by atoms with van der Waals surface area (Å²) in [7, 11) is 0. The smallest absolute Gasteiger partial charge is 0.0464 e. The first-order valence-electron chi connectivity index (χ1n) is 2.22. The standard InChI is InChI=1S/C6H5BrN/c7-5-3-1-2-4-6(5)8/h1,3-4H,8H2. The van der Waals surface area contributed by atoms with Gasteiger partial charge >= 0.3 is 0 Å². The minimum absolute atomic E-state index is 0.729. The molecule has 0 aliphatic carbocycles. The van der Waals surface area contributed by atoms with E-state index < -0.39 is 0 Å². The van der Waals surface area contributed by atoms with Crippen LogP contribution in [0.15, 0.2) is 22.7 Å². The number of anilines is 1. The molecule has 8 heavy (non-hydrogen) atoms. The van der Waals surface area contributed by atoms with E-state index in [0.717, 1.165) is 10.2 Å². The molecule has 0 bridgehead atoms. The number of rotatable bonds is 0. The largest absolute Gasteiger partial charge is 0.398 e. The van der Waals surface area contributed by atoms with Crippen molar-refractivity contribution in [3.63, 3.8) is 0 Å². The van der Waals surface area contributed by atoms with Crippen LogP contribution in [0.2, 0.25) is 0 Å². The lowest BCUT2D eigenvalue weighted by molar-refractivity contribution is 1.62. The summed E-state index contributed by atoms with van der Waals surface area (Å²) in [6.45, 7) is 0. The monoisotopic (exact) mass is 170 g/mol. The van der Waals surface area contributed by atoms with E-state index in [1.807, 2.05) is 6.07 Å². The molecule has 0 atom stereocenters. The summed E-state index contributed by atoms with van der Waals surface area (Å²) < 4.78 is 0.927. The third kappa shape index (κ3) is 1.01. The van der Waals surface area contributed by atoms with Gasteiger partial charge in [-0.2, -0.15) is 0 Å². The van der Waals surface area contributed by atoms with E-state index >= 15 is 0 Å². The third-order valence-electron chi connectivity index (χ3n) is 0.840. The number of benzene rings is 1. The molecule has 2 heteroatoms. The first-order chi connectivity index (χ1) is 3.80. The first kappa shape index (κ1) is 5.63. The summed E-state index contributed by atoms with van der Waals surface area (Å²) in [6, 6.07) is 8.24. The molecule has 0 aliphatic rings. The van der Waals surface area contributed by atoms with Crippen molar-refractivity contribution < 1.29 is 0 Å². The average Bonchev–Trinajstić information content (AvgIpc) is 1.77. The van der Waals surface area contributed by atoms with Crippen LogP contribution in [0.25, 0.3) is 0 Å². The van der Waals surface area contributed by atoms with E-state index in [0.29, 0.717) is 0 Å². The summed E-state index contributed by atoms with van der Waals surface area (Å²) >= 11 is 3.25. The van der Waals surface area contributed by atoms with Gasteiger partial charge < -0.3 is 5.73 Å². The van der Waals surface area contributed by atoms with Crippen molar-refractivity contribution in [1.82, 2.24) is 0 Å². The fourth-order valence-electron chi connectivity index (χ4n) is 0.424. The molecule has 41 valence electrons. The highest BCUT2D eigenvalue weighted by molar-refractivity contribution is 9.10. The van der Waals surface area contributed by atoms with Crippen molar-refractivity contribution in [3.05, 3.63) is 28.7 Å². The summed E-state index contributed by atoms with van der Waals surface area (Å²) in [5.41, 5.74) is 6.17. The number of nitrogen functional groups attached to an aromatic ring is 1. The molecule has 0 amide bonds. The van der Waals surface area contributed by atoms with E-state index in [-0.39, 0.29) is 0 Å². The van der Waals surface area contributed by atoms with Crippen LogP contribution in [-0.4, -0.2) is 0 Å². The second-order valence-corrected chi connectivity index (χ2v) is 2.30. The maximum Gasteiger partial charge on any atom is 0.0464 e. The van der Waals surface area contributed by atoms with Crippen LogP contribution in [0.1, 0.15) is 0 Å². The lowest BCUT2D eigenvalue weighted by Gasteiger charge is -1.91. The van der Waals surface area contributed by atoms with E-state index in [1.165, 1.54) is 0 Å². The van der Waals surface area contributed by atoms with Gasteiger partial charge in [-0.25, -0.2) is 0 Å². The van der Waals surface area contributed by atoms with E-state index in [4.69, 9.17) is 5.73 Å². The molecule has 0 unspecified atom stereocenters. The highest BCUT2D eigenvalue weighted by Crippen LogP contribution is 2.16. The van der Waals surface area contributed by atoms with Gasteiger partial charge in [-0.1, -0.05) is 6.07 Å². The highest BCUT2D eigenvalue weighted by atomic mass is 79.9. The zero-order chi connectivity index (χ0) is 5.98. The molecule has 0 aromatic heterocycles. The molecule has 0 fully saturated rings. The van der Waals surface area contributed by atoms with Crippen molar-refractivity contribution in [2.75, 3.05) is 5.73 Å². The molecule has 0 saturated heterocycles. The molecule has 0 spiro atoms. The molecule has 1 aromatic rings. The van der Waals surface area contributed by atoms with Crippen molar-refractivity contribution in [2.45, 2.75) is 0 Å². The highest BCUT2D eigenvalue weighted by Gasteiger charge is 1.87. The predicted octanol–water partition coefficient (Wildman–Crippen LogP) is 1.83. The van der Waals surface area contributed by atoms with Crippen LogP contribution in [0.5, 0.6) is 0 Å². The lowest BCUT2D eigenvalue weighted by Crippen LogP contribution is -1.83. The lowest BCUT2D eigenvalue weighted by atomic mass is 10.3. The van der Waals surface area contributed by atoms with Crippen molar-refractivity contribution in [3.8, 4) is 0 Å². The van der Waals surface area contributed by atoms with Crippen LogP contribution < -0.4 is 5.73 Å². The van der Waals surface area contributed by atoms with Gasteiger partial charge in [0.1, 0.15) is 0 Å². The molecule has 0 saturated carbocycles. The number of hydrogen-bond donors (Lipinski definition) is 1. The van der Waals surface area contributed by atoms with E-state index in [1.54, 1.807) is 12.1 Å². The van der Waals surface area contributed by atoms with Gasteiger partial charge in [0.25, 0.3) is 0 Å². The molecular weight excluding hydrogens is 166 g/mol. The third-order valence-corrected chi connectivity index (χ3v) is 1.56. The van der Waals surface area contributed by atoms with Gasteiger partial charge in [0, 0.05) is 10.2 Å². The van der Waals surface area contributed by atoms with E-state index in [9.17, 15) is 0 Å². The van der Waals surface area contributed by atoms with Crippen LogP contribution in [0.3, 0.4) is 0 Å². The Morgan fingerprint density at radius 1 is 1.62 bits per heavy atom. The zero-order valence-corrected chi connectivity index (χ0v) is 5.77. The minimum atomic E-state index is 0.729. The molecule has 0 aliphatic heterocycles. The molecule has 1 aromatic carbocycles. The second kappa shape index (κ2) is 2.18. The normalized spacial score (nSPS) is 9.12. The molecule has 1 rings (SSSR count). The Labute approximate surface area is 56.6 Å². The maximum absolute atomic E-state index is 5.44. The Morgan fingerprint density at radius 2 is 2.38 bits per heavy atom. The molecule has 2 N–H and O–H groups in total. The Bertz CT molecular complexity index is 165. The predicted molar refractivity (Wildman–Crippen MR) is 37.4 cm³/mol. The van der Waals surface area contributed by atoms with Gasteiger partial charge in [-0.05, 0) is 34.1 Å². The summed E-state index contributed by atoms with van der Waals surface area (Å²) in [5.74, 6) is 0. The van der Waals surface area contributed by atoms with Gasteiger partial charge in [-0.3, -0.25) is 0 Å². The van der Waals surface area contributed by atoms with Crippen molar-refractivity contribution in [2.24, 2.45) is 0 Å². The number of hydrogen-bond acceptors (Lipinski definition) is 1. The quantitative estimate of drug-likeness (QED) is 0.592. The Morgan fingerprint density at radius 3 is 2.75 bits per heavy atom. The molecule has 1 radical (unpaired) electrons. The Kier molecular flexibility index (Phi) is 1.53. The second-order valence-electron chi connectivity index (χ2n) is 1.45. The average molecular weight is 171 g/mol. The van der Waals surface area contributed by atoms with Crippen LogP contribution >= 0.6 is 15.9 Å². The molecule has 1 nitrogen and oxygen atoms in total. The van der Waals surface area contributed by atoms with Crippen molar-refractivity contribution >= 4 is 21.6 Å². The van der Waals surface area contributed by atoms with E-state index in [2.05, 4.69) is 22.0 Å².